The summed E-state index contributed by atoms with van der Waals surface area (Å²) in [4.78, 5) is 4.36. The van der Waals surface area contributed by atoms with E-state index < -0.39 is 0 Å². The Morgan fingerprint density at radius 1 is 1.25 bits per heavy atom. The molecule has 1 aromatic carbocycles. The van der Waals surface area contributed by atoms with Crippen molar-refractivity contribution in [3.63, 3.8) is 0 Å². The Morgan fingerprint density at radius 2 is 1.92 bits per heavy atom. The first-order valence-electron chi connectivity index (χ1n) is 8.75. The Labute approximate surface area is 145 Å². The highest BCUT2D eigenvalue weighted by atomic mass is 16.5. The highest BCUT2D eigenvalue weighted by Crippen LogP contribution is 2.23. The number of guanidine groups is 1. The topological polar surface area (TPSA) is 54.9 Å². The summed E-state index contributed by atoms with van der Waals surface area (Å²) in [6, 6.07) is 10.8. The van der Waals surface area contributed by atoms with Crippen molar-refractivity contribution in [3.8, 4) is 0 Å². The molecule has 1 fully saturated rings. The summed E-state index contributed by atoms with van der Waals surface area (Å²) in [5, 5.41) is 6.92. The molecule has 2 rings (SSSR count). The molecule has 1 aliphatic rings. The molecule has 1 saturated heterocycles. The number of aliphatic imine (C=N–C) groups is 1. The number of benzene rings is 1. The number of hydrogen-bond donors (Lipinski definition) is 2. The van der Waals surface area contributed by atoms with Gasteiger partial charge in [0.15, 0.2) is 5.96 Å². The van der Waals surface area contributed by atoms with E-state index in [4.69, 9.17) is 9.47 Å². The molecule has 0 radical (unpaired) electrons. The van der Waals surface area contributed by atoms with Crippen LogP contribution in [-0.4, -0.2) is 51.5 Å². The van der Waals surface area contributed by atoms with Crippen LogP contribution in [0.15, 0.2) is 35.3 Å². The number of rotatable bonds is 6. The third-order valence-corrected chi connectivity index (χ3v) is 5.08. The molecule has 2 unspecified atom stereocenters. The molecule has 2 N–H and O–H groups in total. The predicted molar refractivity (Wildman–Crippen MR) is 98.6 cm³/mol. The number of ether oxygens (including phenoxy) is 2. The second kappa shape index (κ2) is 9.04. The maximum Gasteiger partial charge on any atom is 0.191 e. The quantitative estimate of drug-likeness (QED) is 0.620. The molecule has 0 amide bonds. The SMILES string of the molecule is CN=C(NCC1(OC)CCOCC1)NC(C)C(C)c1ccccc1. The molecule has 5 nitrogen and oxygen atoms in total. The molecule has 2 atom stereocenters. The summed E-state index contributed by atoms with van der Waals surface area (Å²) >= 11 is 0. The maximum atomic E-state index is 5.77. The molecule has 0 saturated carbocycles. The van der Waals surface area contributed by atoms with Crippen molar-refractivity contribution in [2.24, 2.45) is 4.99 Å². The summed E-state index contributed by atoms with van der Waals surface area (Å²) in [6.07, 6.45) is 1.81. The van der Waals surface area contributed by atoms with Crippen molar-refractivity contribution in [1.29, 1.82) is 0 Å². The van der Waals surface area contributed by atoms with Gasteiger partial charge in [-0.2, -0.15) is 0 Å². The van der Waals surface area contributed by atoms with Gasteiger partial charge in [-0.05, 0) is 12.5 Å². The van der Waals surface area contributed by atoms with E-state index in [9.17, 15) is 0 Å². The van der Waals surface area contributed by atoms with Crippen molar-refractivity contribution >= 4 is 5.96 Å². The van der Waals surface area contributed by atoms with Crippen LogP contribution in [0.3, 0.4) is 0 Å². The van der Waals surface area contributed by atoms with Gasteiger partial charge >= 0.3 is 0 Å². The van der Waals surface area contributed by atoms with Gasteiger partial charge in [-0.25, -0.2) is 0 Å². The highest BCUT2D eigenvalue weighted by Gasteiger charge is 2.32. The molecule has 1 aliphatic heterocycles. The van der Waals surface area contributed by atoms with Gasteiger partial charge in [-0.15, -0.1) is 0 Å². The molecular weight excluding hydrogens is 302 g/mol. The predicted octanol–water partition coefficient (Wildman–Crippen LogP) is 2.54. The van der Waals surface area contributed by atoms with E-state index in [1.165, 1.54) is 5.56 Å². The van der Waals surface area contributed by atoms with Crippen LogP contribution in [0, 0.1) is 0 Å². The zero-order chi connectivity index (χ0) is 17.4. The van der Waals surface area contributed by atoms with Crippen LogP contribution >= 0.6 is 0 Å². The first-order chi connectivity index (χ1) is 11.6. The lowest BCUT2D eigenvalue weighted by molar-refractivity contribution is -0.0855. The van der Waals surface area contributed by atoms with Crippen molar-refractivity contribution in [1.82, 2.24) is 10.6 Å². The van der Waals surface area contributed by atoms with Crippen molar-refractivity contribution < 1.29 is 9.47 Å². The van der Waals surface area contributed by atoms with Crippen LogP contribution in [-0.2, 0) is 9.47 Å². The van der Waals surface area contributed by atoms with Crippen LogP contribution in [0.5, 0.6) is 0 Å². The third-order valence-electron chi connectivity index (χ3n) is 5.08. The van der Waals surface area contributed by atoms with E-state index in [1.54, 1.807) is 14.2 Å². The molecular formula is C19H31N3O2. The van der Waals surface area contributed by atoms with E-state index in [2.05, 4.69) is 53.7 Å². The summed E-state index contributed by atoms with van der Waals surface area (Å²) in [5.74, 6) is 1.21. The largest absolute Gasteiger partial charge is 0.381 e. The number of nitrogens with zero attached hydrogens (tertiary/aromatic N) is 1. The Bertz CT molecular complexity index is 513. The average molecular weight is 333 g/mol. The Hall–Kier alpha value is -1.59. The molecule has 0 aromatic heterocycles. The minimum Gasteiger partial charge on any atom is -0.381 e. The van der Waals surface area contributed by atoms with Crippen LogP contribution in [0.2, 0.25) is 0 Å². The van der Waals surface area contributed by atoms with Gasteiger partial charge < -0.3 is 20.1 Å². The molecule has 1 heterocycles. The van der Waals surface area contributed by atoms with Crippen molar-refractivity contribution in [3.05, 3.63) is 35.9 Å². The zero-order valence-corrected chi connectivity index (χ0v) is 15.3. The monoisotopic (exact) mass is 333 g/mol. The molecule has 24 heavy (non-hydrogen) atoms. The number of hydrogen-bond acceptors (Lipinski definition) is 3. The molecule has 0 bridgehead atoms. The Balaban J connectivity index is 1.89. The molecule has 134 valence electrons. The molecule has 0 aliphatic carbocycles. The van der Waals surface area contributed by atoms with Gasteiger partial charge in [0.05, 0.1) is 5.60 Å². The first-order valence-corrected chi connectivity index (χ1v) is 8.75. The summed E-state index contributed by atoms with van der Waals surface area (Å²) in [6.45, 7) is 6.66. The third kappa shape index (κ3) is 4.95. The van der Waals surface area contributed by atoms with Crippen LogP contribution in [0.4, 0.5) is 0 Å². The number of methoxy groups -OCH3 is 1. The maximum absolute atomic E-state index is 5.77. The van der Waals surface area contributed by atoms with Gasteiger partial charge in [0.2, 0.25) is 0 Å². The highest BCUT2D eigenvalue weighted by molar-refractivity contribution is 5.80. The second-order valence-corrected chi connectivity index (χ2v) is 6.56. The van der Waals surface area contributed by atoms with Gasteiger partial charge in [-0.3, -0.25) is 4.99 Å². The lowest BCUT2D eigenvalue weighted by Crippen LogP contribution is -2.52. The van der Waals surface area contributed by atoms with E-state index in [0.717, 1.165) is 38.6 Å². The van der Waals surface area contributed by atoms with Crippen LogP contribution < -0.4 is 10.6 Å². The van der Waals surface area contributed by atoms with Crippen LogP contribution in [0.1, 0.15) is 38.2 Å². The Kier molecular flexibility index (Phi) is 7.06. The van der Waals surface area contributed by atoms with E-state index in [1.807, 2.05) is 6.07 Å². The lowest BCUT2D eigenvalue weighted by Gasteiger charge is -2.36. The van der Waals surface area contributed by atoms with Gasteiger partial charge in [0.1, 0.15) is 0 Å². The fourth-order valence-corrected chi connectivity index (χ4v) is 3.02. The summed E-state index contributed by atoms with van der Waals surface area (Å²) < 4.78 is 11.2. The smallest absolute Gasteiger partial charge is 0.191 e. The van der Waals surface area contributed by atoms with Gasteiger partial charge in [0.25, 0.3) is 0 Å². The van der Waals surface area contributed by atoms with Gasteiger partial charge in [-0.1, -0.05) is 37.3 Å². The molecule has 1 aromatic rings. The second-order valence-electron chi connectivity index (χ2n) is 6.56. The minimum atomic E-state index is -0.163. The first kappa shape index (κ1) is 18.7. The lowest BCUT2D eigenvalue weighted by atomic mass is 9.94. The summed E-state index contributed by atoms with van der Waals surface area (Å²) in [5.41, 5.74) is 1.16. The van der Waals surface area contributed by atoms with Crippen molar-refractivity contribution in [2.75, 3.05) is 33.9 Å². The van der Waals surface area contributed by atoms with E-state index >= 15 is 0 Å². The summed E-state index contributed by atoms with van der Waals surface area (Å²) in [7, 11) is 3.59. The normalized spacial score (nSPS) is 20.2. The molecule has 5 heteroatoms. The number of nitrogens with one attached hydrogen (secondary N) is 2. The zero-order valence-electron chi connectivity index (χ0n) is 15.3. The average Bonchev–Trinajstić information content (AvgIpc) is 2.65. The molecule has 0 spiro atoms. The van der Waals surface area contributed by atoms with E-state index in [0.29, 0.717) is 5.92 Å². The van der Waals surface area contributed by atoms with Crippen LogP contribution in [0.25, 0.3) is 0 Å². The fourth-order valence-electron chi connectivity index (χ4n) is 3.02. The van der Waals surface area contributed by atoms with Gasteiger partial charge in [0, 0.05) is 58.7 Å². The fraction of sp³-hybridized carbons (Fsp3) is 0.632. The minimum absolute atomic E-state index is 0.163. The van der Waals surface area contributed by atoms with E-state index in [-0.39, 0.29) is 11.6 Å². The standard InChI is InChI=1S/C19H31N3O2/c1-15(17-8-6-5-7-9-17)16(2)22-18(20-3)21-14-19(23-4)10-12-24-13-11-19/h5-9,15-16H,10-14H2,1-4H3,(H2,20,21,22). The van der Waals surface area contributed by atoms with Crippen molar-refractivity contribution in [2.45, 2.75) is 44.2 Å². The Morgan fingerprint density at radius 3 is 2.50 bits per heavy atom.